The highest BCUT2D eigenvalue weighted by molar-refractivity contribution is 4.87. The fourth-order valence-corrected chi connectivity index (χ4v) is 3.17. The summed E-state index contributed by atoms with van der Waals surface area (Å²) in [6.45, 7) is 10.3. The van der Waals surface area contributed by atoms with Crippen LogP contribution in [0, 0.1) is 11.8 Å². The molecule has 0 amide bonds. The molecule has 2 fully saturated rings. The molecule has 4 heteroatoms. The zero-order valence-electron chi connectivity index (χ0n) is 12.6. The van der Waals surface area contributed by atoms with Crippen molar-refractivity contribution in [3.8, 4) is 0 Å². The normalized spacial score (nSPS) is 25.7. The second-order valence-electron chi connectivity index (χ2n) is 6.82. The van der Waals surface area contributed by atoms with Crippen molar-refractivity contribution in [2.75, 3.05) is 39.3 Å². The van der Waals surface area contributed by atoms with Crippen LogP contribution >= 0.6 is 0 Å². The van der Waals surface area contributed by atoms with Gasteiger partial charge in [0.1, 0.15) is 0 Å². The van der Waals surface area contributed by atoms with E-state index in [-0.39, 0.29) is 18.7 Å². The number of aliphatic hydroxyl groups excluding tert-OH is 1. The molecule has 1 heterocycles. The molecule has 2 atom stereocenters. The van der Waals surface area contributed by atoms with Crippen LogP contribution in [0.1, 0.15) is 33.1 Å². The smallest absolute Gasteiger partial charge is 0.0601 e. The quantitative estimate of drug-likeness (QED) is 0.716. The Hall–Kier alpha value is -0.160. The number of rotatable bonds is 7. The van der Waals surface area contributed by atoms with Crippen LogP contribution in [-0.2, 0) is 0 Å². The van der Waals surface area contributed by atoms with Crippen molar-refractivity contribution in [2.24, 2.45) is 17.6 Å². The fraction of sp³-hybridized carbons (Fsp3) is 1.00. The fourth-order valence-electron chi connectivity index (χ4n) is 3.17. The molecule has 1 saturated carbocycles. The highest BCUT2D eigenvalue weighted by Gasteiger charge is 2.30. The van der Waals surface area contributed by atoms with Crippen LogP contribution in [0.4, 0.5) is 0 Å². The second-order valence-corrected chi connectivity index (χ2v) is 6.82. The molecule has 1 aliphatic carbocycles. The van der Waals surface area contributed by atoms with E-state index in [1.807, 2.05) is 0 Å². The van der Waals surface area contributed by atoms with Gasteiger partial charge >= 0.3 is 0 Å². The first-order valence-corrected chi connectivity index (χ1v) is 7.93. The first-order chi connectivity index (χ1) is 9.10. The van der Waals surface area contributed by atoms with Gasteiger partial charge in [-0.1, -0.05) is 13.8 Å². The summed E-state index contributed by atoms with van der Waals surface area (Å²) in [4.78, 5) is 4.98. The van der Waals surface area contributed by atoms with E-state index in [9.17, 15) is 5.11 Å². The van der Waals surface area contributed by atoms with Gasteiger partial charge in [-0.25, -0.2) is 0 Å². The lowest BCUT2D eigenvalue weighted by molar-refractivity contribution is 0.0486. The maximum Gasteiger partial charge on any atom is 0.0601 e. The highest BCUT2D eigenvalue weighted by Crippen LogP contribution is 2.30. The van der Waals surface area contributed by atoms with Crippen molar-refractivity contribution in [1.82, 2.24) is 9.80 Å². The van der Waals surface area contributed by atoms with E-state index in [1.165, 1.54) is 19.4 Å². The molecule has 1 saturated heterocycles. The summed E-state index contributed by atoms with van der Waals surface area (Å²) < 4.78 is 0. The molecule has 2 aliphatic rings. The SMILES string of the molecule is CC(C)CC(N)C(CO)N1CCN(CC2CC2)CC1. The van der Waals surface area contributed by atoms with Crippen molar-refractivity contribution < 1.29 is 5.11 Å². The van der Waals surface area contributed by atoms with Crippen LogP contribution in [0.3, 0.4) is 0 Å². The minimum absolute atomic E-state index is 0.0972. The maximum atomic E-state index is 9.65. The summed E-state index contributed by atoms with van der Waals surface area (Å²) in [5.74, 6) is 1.57. The molecule has 2 unspecified atom stereocenters. The Morgan fingerprint density at radius 1 is 1.16 bits per heavy atom. The van der Waals surface area contributed by atoms with E-state index in [0.717, 1.165) is 38.5 Å². The molecule has 0 radical (unpaired) electrons. The molecule has 0 spiro atoms. The number of hydrogen-bond donors (Lipinski definition) is 2. The lowest BCUT2D eigenvalue weighted by Crippen LogP contribution is -2.57. The summed E-state index contributed by atoms with van der Waals surface area (Å²) in [6.07, 6.45) is 3.85. The molecule has 0 bridgehead atoms. The van der Waals surface area contributed by atoms with Crippen molar-refractivity contribution in [1.29, 1.82) is 0 Å². The average molecular weight is 269 g/mol. The van der Waals surface area contributed by atoms with Gasteiger partial charge in [0.05, 0.1) is 6.61 Å². The first kappa shape index (κ1) is 15.2. The summed E-state index contributed by atoms with van der Waals surface area (Å²) >= 11 is 0. The van der Waals surface area contributed by atoms with Crippen LogP contribution in [0.2, 0.25) is 0 Å². The Morgan fingerprint density at radius 3 is 2.26 bits per heavy atom. The third-order valence-corrected chi connectivity index (χ3v) is 4.51. The van der Waals surface area contributed by atoms with Crippen molar-refractivity contribution in [2.45, 2.75) is 45.2 Å². The van der Waals surface area contributed by atoms with Gasteiger partial charge < -0.3 is 15.7 Å². The van der Waals surface area contributed by atoms with Gasteiger partial charge in [0.2, 0.25) is 0 Å². The monoisotopic (exact) mass is 269 g/mol. The standard InChI is InChI=1S/C15H31N3O/c1-12(2)9-14(16)15(11-19)18-7-5-17(6-8-18)10-13-3-4-13/h12-15,19H,3-11,16H2,1-2H3. The van der Waals surface area contributed by atoms with Crippen LogP contribution in [-0.4, -0.2) is 66.3 Å². The highest BCUT2D eigenvalue weighted by atomic mass is 16.3. The Bertz CT molecular complexity index is 260. The third kappa shape index (κ3) is 4.71. The Kier molecular flexibility index (Phi) is 5.63. The molecular formula is C15H31N3O. The Morgan fingerprint density at radius 2 is 1.79 bits per heavy atom. The third-order valence-electron chi connectivity index (χ3n) is 4.51. The molecular weight excluding hydrogens is 238 g/mol. The van der Waals surface area contributed by atoms with E-state index in [0.29, 0.717) is 5.92 Å². The minimum atomic E-state index is 0.0972. The summed E-state index contributed by atoms with van der Waals surface area (Å²) in [6, 6.07) is 0.241. The zero-order chi connectivity index (χ0) is 13.8. The summed E-state index contributed by atoms with van der Waals surface area (Å²) in [5.41, 5.74) is 6.27. The summed E-state index contributed by atoms with van der Waals surface area (Å²) in [5, 5.41) is 9.65. The lowest BCUT2D eigenvalue weighted by Gasteiger charge is -2.41. The molecule has 1 aliphatic heterocycles. The number of piperazine rings is 1. The Labute approximate surface area is 117 Å². The molecule has 2 rings (SSSR count). The summed E-state index contributed by atoms with van der Waals surface area (Å²) in [7, 11) is 0. The predicted octanol–water partition coefficient (Wildman–Crippen LogP) is 0.748. The van der Waals surface area contributed by atoms with E-state index in [1.54, 1.807) is 0 Å². The van der Waals surface area contributed by atoms with Crippen LogP contribution in [0.25, 0.3) is 0 Å². The van der Waals surface area contributed by atoms with Gasteiger partial charge in [0, 0.05) is 44.8 Å². The van der Waals surface area contributed by atoms with Gasteiger partial charge in [-0.3, -0.25) is 4.90 Å². The molecule has 3 N–H and O–H groups in total. The van der Waals surface area contributed by atoms with Gasteiger partial charge in [-0.2, -0.15) is 0 Å². The average Bonchev–Trinajstić information content (AvgIpc) is 3.15. The van der Waals surface area contributed by atoms with Crippen LogP contribution in [0.15, 0.2) is 0 Å². The van der Waals surface area contributed by atoms with E-state index < -0.39 is 0 Å². The molecule has 0 aromatic rings. The molecule has 0 aromatic carbocycles. The Balaban J connectivity index is 1.76. The second kappa shape index (κ2) is 7.02. The van der Waals surface area contributed by atoms with Gasteiger partial charge in [-0.15, -0.1) is 0 Å². The number of aliphatic hydroxyl groups is 1. The van der Waals surface area contributed by atoms with E-state index in [4.69, 9.17) is 5.73 Å². The van der Waals surface area contributed by atoms with Gasteiger partial charge in [-0.05, 0) is 31.1 Å². The van der Waals surface area contributed by atoms with E-state index >= 15 is 0 Å². The predicted molar refractivity (Wildman–Crippen MR) is 79.0 cm³/mol. The molecule has 19 heavy (non-hydrogen) atoms. The van der Waals surface area contributed by atoms with E-state index in [2.05, 4.69) is 23.6 Å². The van der Waals surface area contributed by atoms with Gasteiger partial charge in [0.25, 0.3) is 0 Å². The number of hydrogen-bond acceptors (Lipinski definition) is 4. The molecule has 0 aromatic heterocycles. The number of nitrogens with two attached hydrogens (primary N) is 1. The largest absolute Gasteiger partial charge is 0.395 e. The minimum Gasteiger partial charge on any atom is -0.395 e. The first-order valence-electron chi connectivity index (χ1n) is 7.93. The maximum absolute atomic E-state index is 9.65. The van der Waals surface area contributed by atoms with Crippen LogP contribution < -0.4 is 5.73 Å². The van der Waals surface area contributed by atoms with Crippen molar-refractivity contribution in [3.63, 3.8) is 0 Å². The van der Waals surface area contributed by atoms with Crippen molar-refractivity contribution in [3.05, 3.63) is 0 Å². The van der Waals surface area contributed by atoms with Gasteiger partial charge in [0.15, 0.2) is 0 Å². The number of nitrogens with zero attached hydrogens (tertiary/aromatic N) is 2. The zero-order valence-corrected chi connectivity index (χ0v) is 12.6. The van der Waals surface area contributed by atoms with Crippen molar-refractivity contribution >= 4 is 0 Å². The molecule has 4 nitrogen and oxygen atoms in total. The van der Waals surface area contributed by atoms with Crippen LogP contribution in [0.5, 0.6) is 0 Å². The molecule has 112 valence electrons. The lowest BCUT2D eigenvalue weighted by atomic mass is 9.97. The topological polar surface area (TPSA) is 52.7 Å².